The van der Waals surface area contributed by atoms with Gasteiger partial charge in [0, 0.05) is 23.7 Å². The van der Waals surface area contributed by atoms with Gasteiger partial charge in [-0.1, -0.05) is 26.8 Å². The molecule has 0 spiro atoms. The lowest BCUT2D eigenvalue weighted by atomic mass is 9.73. The molecule has 1 aromatic heterocycles. The second kappa shape index (κ2) is 11.1. The van der Waals surface area contributed by atoms with Gasteiger partial charge >= 0.3 is 5.97 Å². The first-order valence-corrected chi connectivity index (χ1v) is 11.3. The Bertz CT molecular complexity index is 976. The smallest absolute Gasteiger partial charge is 0.306 e. The predicted molar refractivity (Wildman–Crippen MR) is 137 cm³/mol. The number of piperidine rings is 3. The van der Waals surface area contributed by atoms with Crippen LogP contribution >= 0.6 is 24.8 Å². The fraction of sp³-hybridized carbons (Fsp3) is 0.538. The van der Waals surface area contributed by atoms with Crippen LogP contribution in [-0.4, -0.2) is 42.1 Å². The maximum absolute atomic E-state index is 13.0. The number of esters is 1. The topological polar surface area (TPSA) is 51.7 Å². The van der Waals surface area contributed by atoms with Gasteiger partial charge < -0.3 is 9.47 Å². The molecule has 4 heterocycles. The van der Waals surface area contributed by atoms with E-state index in [9.17, 15) is 4.79 Å². The number of hydrogen-bond donors (Lipinski definition) is 0. The molecule has 5 unspecified atom stereocenters. The zero-order chi connectivity index (χ0) is 22.2. The summed E-state index contributed by atoms with van der Waals surface area (Å²) in [6.45, 7) is 12.3. The minimum atomic E-state index is -0.332. The second-order valence-corrected chi connectivity index (χ2v) is 10.2. The van der Waals surface area contributed by atoms with Gasteiger partial charge in [-0.25, -0.2) is 0 Å². The van der Waals surface area contributed by atoms with Crippen LogP contribution in [0.25, 0.3) is 10.9 Å². The molecule has 2 aromatic rings. The molecule has 182 valence electrons. The number of ether oxygens (including phenoxy) is 2. The van der Waals surface area contributed by atoms with Gasteiger partial charge in [-0.3, -0.25) is 14.7 Å². The molecule has 3 fully saturated rings. The van der Waals surface area contributed by atoms with Crippen LogP contribution in [0.2, 0.25) is 0 Å². The van der Waals surface area contributed by atoms with E-state index in [1.807, 2.05) is 30.5 Å². The summed E-state index contributed by atoms with van der Waals surface area (Å²) in [5.41, 5.74) is 1.78. The van der Waals surface area contributed by atoms with Crippen molar-refractivity contribution in [2.45, 2.75) is 52.2 Å². The van der Waals surface area contributed by atoms with E-state index in [1.165, 1.54) is 6.42 Å². The molecule has 0 saturated carbocycles. The molecule has 5 nitrogen and oxygen atoms in total. The van der Waals surface area contributed by atoms with Gasteiger partial charge in [0.1, 0.15) is 11.9 Å². The Morgan fingerprint density at radius 2 is 2.06 bits per heavy atom. The van der Waals surface area contributed by atoms with Crippen LogP contribution in [0.4, 0.5) is 0 Å². The maximum Gasteiger partial charge on any atom is 0.306 e. The third kappa shape index (κ3) is 6.00. The number of rotatable bonds is 6. The summed E-state index contributed by atoms with van der Waals surface area (Å²) in [6.07, 6.45) is 6.17. The molecular weight excluding hydrogens is 459 g/mol. The first-order valence-electron chi connectivity index (χ1n) is 11.3. The van der Waals surface area contributed by atoms with E-state index < -0.39 is 0 Å². The van der Waals surface area contributed by atoms with Gasteiger partial charge in [0.05, 0.1) is 25.1 Å². The molecule has 5 atom stereocenters. The Morgan fingerprint density at radius 3 is 2.67 bits per heavy atom. The largest absolute Gasteiger partial charge is 0.497 e. The minimum Gasteiger partial charge on any atom is -0.497 e. The van der Waals surface area contributed by atoms with E-state index in [4.69, 9.17) is 9.47 Å². The van der Waals surface area contributed by atoms with Crippen molar-refractivity contribution in [1.82, 2.24) is 9.88 Å². The average Bonchev–Trinajstić information content (AvgIpc) is 2.75. The second-order valence-electron chi connectivity index (χ2n) is 10.2. The highest BCUT2D eigenvalue weighted by atomic mass is 35.5. The molecule has 3 saturated heterocycles. The van der Waals surface area contributed by atoms with Crippen molar-refractivity contribution in [3.05, 3.63) is 48.7 Å². The van der Waals surface area contributed by atoms with Gasteiger partial charge in [-0.15, -0.1) is 31.4 Å². The van der Waals surface area contributed by atoms with Crippen molar-refractivity contribution in [2.24, 2.45) is 17.3 Å². The van der Waals surface area contributed by atoms with Crippen molar-refractivity contribution >= 4 is 41.7 Å². The summed E-state index contributed by atoms with van der Waals surface area (Å²) in [5, 5.41) is 0.985. The number of hydrogen-bond acceptors (Lipinski definition) is 5. The van der Waals surface area contributed by atoms with E-state index in [1.54, 1.807) is 7.11 Å². The van der Waals surface area contributed by atoms with Crippen LogP contribution in [0.1, 0.15) is 51.7 Å². The summed E-state index contributed by atoms with van der Waals surface area (Å²) in [5.74, 6) is 1.75. The monoisotopic (exact) mass is 494 g/mol. The van der Waals surface area contributed by atoms with Crippen LogP contribution in [0.5, 0.6) is 5.75 Å². The standard InChI is InChI=1S/C26H34N2O3.2ClH/c1-6-17-16-28-12-10-18(17)13-23(28)25(31-24(29)15-26(2,3)4)20-9-11-27-22-8-7-19(30-5)14-21(20)22;;/h6-9,11,14,17-18,23,25H,1,10,12-13,15-16H2,2-5H3;2*1H. The van der Waals surface area contributed by atoms with Crippen LogP contribution in [0.3, 0.4) is 0 Å². The fourth-order valence-corrected chi connectivity index (χ4v) is 5.18. The highest BCUT2D eigenvalue weighted by molar-refractivity contribution is 5.86. The number of carbonyl (C=O) groups is 1. The first kappa shape index (κ1) is 27.4. The summed E-state index contributed by atoms with van der Waals surface area (Å²) in [7, 11) is 1.67. The number of halogens is 2. The Hall–Kier alpha value is -1.82. The number of fused-ring (bicyclic) bond motifs is 4. The van der Waals surface area contributed by atoms with E-state index in [0.717, 1.165) is 41.7 Å². The van der Waals surface area contributed by atoms with Crippen molar-refractivity contribution < 1.29 is 14.3 Å². The van der Waals surface area contributed by atoms with Crippen molar-refractivity contribution in [3.63, 3.8) is 0 Å². The average molecular weight is 495 g/mol. The lowest BCUT2D eigenvalue weighted by Crippen LogP contribution is -2.55. The van der Waals surface area contributed by atoms with Gasteiger partial charge in [0.25, 0.3) is 0 Å². The first-order chi connectivity index (χ1) is 14.8. The summed E-state index contributed by atoms with van der Waals surface area (Å²) in [6, 6.07) is 8.06. The molecule has 33 heavy (non-hydrogen) atoms. The van der Waals surface area contributed by atoms with Crippen LogP contribution < -0.4 is 4.74 Å². The van der Waals surface area contributed by atoms with Gasteiger partial charge in [0.2, 0.25) is 0 Å². The highest BCUT2D eigenvalue weighted by Gasteiger charge is 2.44. The molecule has 3 aliphatic rings. The van der Waals surface area contributed by atoms with E-state index in [-0.39, 0.29) is 48.3 Å². The van der Waals surface area contributed by atoms with E-state index >= 15 is 0 Å². The molecule has 7 heteroatoms. The van der Waals surface area contributed by atoms with Gasteiger partial charge in [0.15, 0.2) is 0 Å². The SMILES string of the molecule is C=CC1CN2CCC1CC2C(OC(=O)CC(C)(C)C)c1ccnc2ccc(OC)cc12.Cl.Cl. The quantitative estimate of drug-likeness (QED) is 0.363. The fourth-order valence-electron chi connectivity index (χ4n) is 5.18. The molecule has 0 radical (unpaired) electrons. The Morgan fingerprint density at radius 1 is 1.30 bits per heavy atom. The normalized spacial score (nSPS) is 24.8. The van der Waals surface area contributed by atoms with Crippen LogP contribution in [-0.2, 0) is 9.53 Å². The molecule has 1 aromatic carbocycles. The lowest BCUT2D eigenvalue weighted by Gasteiger charge is -2.51. The summed E-state index contributed by atoms with van der Waals surface area (Å²) >= 11 is 0. The molecule has 0 N–H and O–H groups in total. The third-order valence-electron chi connectivity index (χ3n) is 6.73. The lowest BCUT2D eigenvalue weighted by molar-refractivity contribution is -0.159. The number of nitrogens with zero attached hydrogens (tertiary/aromatic N) is 2. The van der Waals surface area contributed by atoms with Crippen molar-refractivity contribution in [3.8, 4) is 5.75 Å². The zero-order valence-corrected chi connectivity index (χ0v) is 21.6. The Labute approximate surface area is 209 Å². The van der Waals surface area contributed by atoms with Gasteiger partial charge in [-0.2, -0.15) is 0 Å². The Kier molecular flexibility index (Phi) is 9.20. The third-order valence-corrected chi connectivity index (χ3v) is 6.73. The number of methoxy groups -OCH3 is 1. The number of carbonyl (C=O) groups excluding carboxylic acids is 1. The number of aromatic nitrogens is 1. The zero-order valence-electron chi connectivity index (χ0n) is 20.0. The van der Waals surface area contributed by atoms with Crippen molar-refractivity contribution in [2.75, 3.05) is 20.2 Å². The van der Waals surface area contributed by atoms with Crippen molar-refractivity contribution in [1.29, 1.82) is 0 Å². The summed E-state index contributed by atoms with van der Waals surface area (Å²) in [4.78, 5) is 20.0. The molecule has 0 amide bonds. The Balaban J connectivity index is 0.00000193. The van der Waals surface area contributed by atoms with Crippen LogP contribution in [0, 0.1) is 17.3 Å². The predicted octanol–water partition coefficient (Wildman–Crippen LogP) is 6.00. The molecule has 3 aliphatic heterocycles. The summed E-state index contributed by atoms with van der Waals surface area (Å²) < 4.78 is 11.8. The maximum atomic E-state index is 13.0. The van der Waals surface area contributed by atoms with E-state index in [0.29, 0.717) is 18.3 Å². The van der Waals surface area contributed by atoms with Crippen LogP contribution in [0.15, 0.2) is 43.1 Å². The minimum absolute atomic E-state index is 0. The molecular formula is C26H36Cl2N2O3. The molecule has 0 aliphatic carbocycles. The molecule has 5 rings (SSSR count). The van der Waals surface area contributed by atoms with Gasteiger partial charge in [-0.05, 0) is 60.9 Å². The number of pyridine rings is 1. The highest BCUT2D eigenvalue weighted by Crippen LogP contribution is 2.44. The molecule has 2 bridgehead atoms. The number of benzene rings is 1. The van der Waals surface area contributed by atoms with E-state index in [2.05, 4.69) is 43.3 Å².